The number of primary amides is 1. The Morgan fingerprint density at radius 2 is 2.25 bits per heavy atom. The van der Waals surface area contributed by atoms with Gasteiger partial charge in [0.2, 0.25) is 5.91 Å². The average molecular weight is 216 g/mol. The van der Waals surface area contributed by atoms with E-state index >= 15 is 0 Å². The van der Waals surface area contributed by atoms with Gasteiger partial charge in [0, 0.05) is 6.04 Å². The normalized spacial score (nSPS) is 31.9. The second-order valence-electron chi connectivity index (χ2n) is 4.91. The molecular weight excluding hydrogens is 200 g/mol. The first-order valence-corrected chi connectivity index (χ1v) is 5.84. The summed E-state index contributed by atoms with van der Waals surface area (Å²) in [6.45, 7) is 0.891. The van der Waals surface area contributed by atoms with Crippen LogP contribution in [-0.4, -0.2) is 18.5 Å². The summed E-state index contributed by atoms with van der Waals surface area (Å²) in [6.07, 6.45) is 2.71. The number of fused-ring (bicyclic) bond motifs is 4. The molecule has 3 N–H and O–H groups in total. The highest BCUT2D eigenvalue weighted by Crippen LogP contribution is 2.41. The molecule has 2 unspecified atom stereocenters. The van der Waals surface area contributed by atoms with Gasteiger partial charge in [0.25, 0.3) is 0 Å². The number of hydrogen-bond acceptors (Lipinski definition) is 2. The molecule has 1 saturated heterocycles. The van der Waals surface area contributed by atoms with E-state index in [4.69, 9.17) is 5.73 Å². The lowest BCUT2D eigenvalue weighted by molar-refractivity contribution is -0.125. The molecule has 1 aliphatic heterocycles. The Labute approximate surface area is 95.0 Å². The first-order chi connectivity index (χ1) is 7.72. The van der Waals surface area contributed by atoms with Crippen molar-refractivity contribution in [1.82, 2.24) is 5.32 Å². The van der Waals surface area contributed by atoms with E-state index in [2.05, 4.69) is 17.4 Å². The van der Waals surface area contributed by atoms with E-state index in [9.17, 15) is 4.79 Å². The van der Waals surface area contributed by atoms with Gasteiger partial charge in [-0.1, -0.05) is 24.3 Å². The van der Waals surface area contributed by atoms with E-state index in [1.165, 1.54) is 11.1 Å². The van der Waals surface area contributed by atoms with Gasteiger partial charge >= 0.3 is 0 Å². The number of piperidine rings is 1. The summed E-state index contributed by atoms with van der Waals surface area (Å²) in [5, 5.41) is 3.46. The van der Waals surface area contributed by atoms with Gasteiger partial charge < -0.3 is 11.1 Å². The Hall–Kier alpha value is -1.35. The average Bonchev–Trinajstić information content (AvgIpc) is 2.29. The van der Waals surface area contributed by atoms with Crippen molar-refractivity contribution in [2.24, 2.45) is 5.73 Å². The predicted octanol–water partition coefficient (Wildman–Crippen LogP) is 0.718. The molecule has 0 radical (unpaired) electrons. The highest BCUT2D eigenvalue weighted by atomic mass is 16.1. The minimum atomic E-state index is -0.412. The van der Waals surface area contributed by atoms with Crippen molar-refractivity contribution in [3.05, 3.63) is 35.4 Å². The molecule has 2 atom stereocenters. The van der Waals surface area contributed by atoms with Crippen LogP contribution in [0.3, 0.4) is 0 Å². The Morgan fingerprint density at radius 1 is 1.44 bits per heavy atom. The molecule has 1 amide bonds. The summed E-state index contributed by atoms with van der Waals surface area (Å²) in [5.74, 6) is -0.161. The lowest BCUT2D eigenvalue weighted by Gasteiger charge is -2.44. The van der Waals surface area contributed by atoms with Crippen molar-refractivity contribution in [3.8, 4) is 0 Å². The van der Waals surface area contributed by atoms with Gasteiger partial charge in [0.15, 0.2) is 0 Å². The number of amides is 1. The van der Waals surface area contributed by atoms with Gasteiger partial charge in [-0.15, -0.1) is 0 Å². The fourth-order valence-electron chi connectivity index (χ4n) is 3.26. The zero-order valence-electron chi connectivity index (χ0n) is 9.20. The molecule has 1 heterocycles. The maximum absolute atomic E-state index is 11.8. The van der Waals surface area contributed by atoms with E-state index in [1.54, 1.807) is 0 Å². The topological polar surface area (TPSA) is 55.1 Å². The van der Waals surface area contributed by atoms with Crippen molar-refractivity contribution in [2.45, 2.75) is 30.7 Å². The summed E-state index contributed by atoms with van der Waals surface area (Å²) in [6, 6.07) is 8.64. The van der Waals surface area contributed by atoms with Gasteiger partial charge in [0.05, 0.1) is 5.41 Å². The highest BCUT2D eigenvalue weighted by Gasteiger charge is 2.46. The fraction of sp³-hybridized carbons (Fsp3) is 0.462. The Balaban J connectivity index is 2.18. The molecule has 2 aliphatic rings. The highest BCUT2D eigenvalue weighted by molar-refractivity contribution is 5.88. The first kappa shape index (κ1) is 9.85. The molecule has 1 aliphatic carbocycles. The van der Waals surface area contributed by atoms with Crippen molar-refractivity contribution < 1.29 is 4.79 Å². The van der Waals surface area contributed by atoms with Crippen LogP contribution in [0.25, 0.3) is 0 Å². The third kappa shape index (κ3) is 1.21. The van der Waals surface area contributed by atoms with E-state index in [0.717, 1.165) is 25.8 Å². The molecule has 16 heavy (non-hydrogen) atoms. The number of carbonyl (C=O) groups is 1. The third-order valence-electron chi connectivity index (χ3n) is 4.05. The SMILES string of the molecule is NC(=O)C12CCNC(Cc3ccccc31)C2. The van der Waals surface area contributed by atoms with E-state index in [-0.39, 0.29) is 5.91 Å². The molecule has 3 nitrogen and oxygen atoms in total. The molecular formula is C13H16N2O. The molecule has 3 rings (SSSR count). The molecule has 2 bridgehead atoms. The van der Waals surface area contributed by atoms with Crippen LogP contribution in [0.5, 0.6) is 0 Å². The number of nitrogens with two attached hydrogens (primary N) is 1. The molecule has 3 heteroatoms. The maximum atomic E-state index is 11.8. The van der Waals surface area contributed by atoms with Crippen LogP contribution < -0.4 is 11.1 Å². The van der Waals surface area contributed by atoms with Crippen LogP contribution in [0.2, 0.25) is 0 Å². The largest absolute Gasteiger partial charge is 0.369 e. The molecule has 1 aromatic rings. The summed E-state index contributed by atoms with van der Waals surface area (Å²) >= 11 is 0. The smallest absolute Gasteiger partial charge is 0.228 e. The first-order valence-electron chi connectivity index (χ1n) is 5.84. The van der Waals surface area contributed by atoms with Crippen LogP contribution in [0, 0.1) is 0 Å². The van der Waals surface area contributed by atoms with Crippen LogP contribution >= 0.6 is 0 Å². The number of rotatable bonds is 1. The minimum Gasteiger partial charge on any atom is -0.369 e. The minimum absolute atomic E-state index is 0.161. The number of benzene rings is 1. The molecule has 0 saturated carbocycles. The second-order valence-corrected chi connectivity index (χ2v) is 4.91. The number of nitrogens with one attached hydrogen (secondary N) is 1. The Bertz CT molecular complexity index is 443. The van der Waals surface area contributed by atoms with Gasteiger partial charge in [-0.05, 0) is 36.9 Å². The van der Waals surface area contributed by atoms with Crippen molar-refractivity contribution in [1.29, 1.82) is 0 Å². The third-order valence-corrected chi connectivity index (χ3v) is 4.05. The van der Waals surface area contributed by atoms with Gasteiger partial charge in [-0.25, -0.2) is 0 Å². The van der Waals surface area contributed by atoms with Crippen LogP contribution in [0.15, 0.2) is 24.3 Å². The molecule has 1 fully saturated rings. The van der Waals surface area contributed by atoms with Crippen LogP contribution in [0.1, 0.15) is 24.0 Å². The zero-order valence-corrected chi connectivity index (χ0v) is 9.20. The van der Waals surface area contributed by atoms with Crippen LogP contribution in [0.4, 0.5) is 0 Å². The lowest BCUT2D eigenvalue weighted by atomic mass is 9.64. The summed E-state index contributed by atoms with van der Waals surface area (Å²) in [4.78, 5) is 11.8. The maximum Gasteiger partial charge on any atom is 0.228 e. The zero-order chi connectivity index (χ0) is 11.2. The number of hydrogen-bond donors (Lipinski definition) is 2. The van der Waals surface area contributed by atoms with Crippen molar-refractivity contribution in [3.63, 3.8) is 0 Å². The molecule has 0 aromatic heterocycles. The Kier molecular flexibility index (Phi) is 2.04. The molecule has 84 valence electrons. The monoisotopic (exact) mass is 216 g/mol. The Morgan fingerprint density at radius 3 is 3.06 bits per heavy atom. The summed E-state index contributed by atoms with van der Waals surface area (Å²) in [5.41, 5.74) is 7.69. The van der Waals surface area contributed by atoms with E-state index < -0.39 is 5.41 Å². The predicted molar refractivity (Wildman–Crippen MR) is 62.0 cm³/mol. The van der Waals surface area contributed by atoms with Gasteiger partial charge in [-0.2, -0.15) is 0 Å². The fourth-order valence-corrected chi connectivity index (χ4v) is 3.26. The van der Waals surface area contributed by atoms with Crippen molar-refractivity contribution in [2.75, 3.05) is 6.54 Å². The van der Waals surface area contributed by atoms with Gasteiger partial charge in [-0.3, -0.25) is 4.79 Å². The standard InChI is InChI=1S/C13H16N2O/c14-12(16)13-5-6-15-10(8-13)7-9-3-1-2-4-11(9)13/h1-4,10,15H,5-8H2,(H2,14,16). The second kappa shape index (κ2) is 3.32. The molecule has 0 spiro atoms. The quantitative estimate of drug-likeness (QED) is 0.726. The lowest BCUT2D eigenvalue weighted by Crippen LogP contribution is -2.56. The van der Waals surface area contributed by atoms with E-state index in [1.807, 2.05) is 12.1 Å². The number of carbonyl (C=O) groups excluding carboxylic acids is 1. The van der Waals surface area contributed by atoms with Gasteiger partial charge in [0.1, 0.15) is 0 Å². The van der Waals surface area contributed by atoms with Crippen molar-refractivity contribution >= 4 is 5.91 Å². The van der Waals surface area contributed by atoms with Crippen LogP contribution in [-0.2, 0) is 16.6 Å². The summed E-state index contributed by atoms with van der Waals surface area (Å²) < 4.78 is 0. The molecule has 1 aromatic carbocycles. The van der Waals surface area contributed by atoms with E-state index in [0.29, 0.717) is 6.04 Å². The summed E-state index contributed by atoms with van der Waals surface area (Å²) in [7, 11) is 0.